The molecule has 0 saturated heterocycles. The van der Waals surface area contributed by atoms with Crippen LogP contribution in [-0.2, 0) is 12.8 Å². The number of fused-ring (bicyclic) bond motifs is 8. The number of carbonyl (C=O) groups excluding carboxylic acids is 2. The third-order valence-corrected chi connectivity index (χ3v) is 9.76. The normalized spacial score (nSPS) is 19.1. The van der Waals surface area contributed by atoms with E-state index in [0.717, 1.165) is 59.8 Å². The average Bonchev–Trinajstić information content (AvgIpc) is 3.50. The Bertz CT molecular complexity index is 1700. The topological polar surface area (TPSA) is 67.3 Å². The zero-order valence-electron chi connectivity index (χ0n) is 26.0. The molecule has 2 amide bonds. The molecule has 4 aromatic carbocycles. The Hall–Kier alpha value is -4.78. The van der Waals surface area contributed by atoms with Gasteiger partial charge in [-0.3, -0.25) is 9.59 Å². The van der Waals surface area contributed by atoms with E-state index in [0.29, 0.717) is 5.56 Å². The van der Waals surface area contributed by atoms with Crippen LogP contribution in [-0.4, -0.2) is 56.2 Å². The van der Waals surface area contributed by atoms with Crippen LogP contribution in [0.3, 0.4) is 0 Å². The standard InChI is InChI=1S/C19H20N2O.C18H18N2O2.CH4/c1-12-8-16-18(9-13(12)2)20(3)11-15-10-14-6-4-5-7-17(14)21(15)19(16)22;1-11-7-14-16(9-17(11)21)19(2)10-13-8-12-5-3-4-6-15(12)20(13)18(14)22;/h4-9,15H,10-11H2,1-3H3;3-7,9,13,21H,8,10H2,1-2H3;1H4/t15-;13-;/m00./s1. The van der Waals surface area contributed by atoms with E-state index in [-0.39, 0.29) is 37.1 Å². The van der Waals surface area contributed by atoms with Crippen LogP contribution in [0.15, 0.2) is 72.8 Å². The second kappa shape index (κ2) is 11.3. The van der Waals surface area contributed by atoms with Gasteiger partial charge in [0.2, 0.25) is 0 Å². The van der Waals surface area contributed by atoms with E-state index in [1.54, 1.807) is 12.1 Å². The molecule has 7 heteroatoms. The first kappa shape index (κ1) is 30.3. The number of aryl methyl sites for hydroxylation is 3. The van der Waals surface area contributed by atoms with E-state index < -0.39 is 0 Å². The van der Waals surface area contributed by atoms with Crippen molar-refractivity contribution >= 4 is 34.6 Å². The molecule has 0 saturated carbocycles. The highest BCUT2D eigenvalue weighted by Gasteiger charge is 2.40. The molecule has 0 aromatic heterocycles. The number of hydrogen-bond acceptors (Lipinski definition) is 5. The Labute approximate surface area is 266 Å². The van der Waals surface area contributed by atoms with Crippen molar-refractivity contribution in [3.05, 3.63) is 112 Å². The third-order valence-electron chi connectivity index (χ3n) is 9.76. The fourth-order valence-corrected chi connectivity index (χ4v) is 7.31. The number of amides is 2. The molecule has 4 heterocycles. The highest BCUT2D eigenvalue weighted by molar-refractivity contribution is 6.13. The molecule has 0 bridgehead atoms. The van der Waals surface area contributed by atoms with Crippen LogP contribution in [0.5, 0.6) is 5.75 Å². The molecule has 7 nitrogen and oxygen atoms in total. The number of aromatic hydroxyl groups is 1. The largest absolute Gasteiger partial charge is 0.508 e. The molecule has 232 valence electrons. The number of likely N-dealkylation sites (N-methyl/N-ethyl adjacent to an activating group) is 2. The van der Waals surface area contributed by atoms with Gasteiger partial charge in [0.05, 0.1) is 28.9 Å². The minimum Gasteiger partial charge on any atom is -0.508 e. The van der Waals surface area contributed by atoms with Crippen molar-refractivity contribution in [2.24, 2.45) is 0 Å². The summed E-state index contributed by atoms with van der Waals surface area (Å²) in [4.78, 5) is 34.5. The van der Waals surface area contributed by atoms with Crippen molar-refractivity contribution in [3.63, 3.8) is 0 Å². The molecule has 45 heavy (non-hydrogen) atoms. The lowest BCUT2D eigenvalue weighted by Gasteiger charge is -2.25. The molecule has 4 aromatic rings. The lowest BCUT2D eigenvalue weighted by molar-refractivity contribution is 0.0975. The van der Waals surface area contributed by atoms with Gasteiger partial charge in [-0.25, -0.2) is 0 Å². The molecular formula is C38H42N4O3. The summed E-state index contributed by atoms with van der Waals surface area (Å²) in [5.41, 5.74) is 11.1. The Morgan fingerprint density at radius 2 is 1.02 bits per heavy atom. The molecular weight excluding hydrogens is 560 g/mol. The van der Waals surface area contributed by atoms with Gasteiger partial charge in [-0.1, -0.05) is 43.8 Å². The Balaban J connectivity index is 0.000000155. The summed E-state index contributed by atoms with van der Waals surface area (Å²) in [6.45, 7) is 7.63. The van der Waals surface area contributed by atoms with Crippen LogP contribution in [0, 0.1) is 20.8 Å². The smallest absolute Gasteiger partial charge is 0.260 e. The number of anilines is 4. The molecule has 4 aliphatic rings. The Kier molecular flexibility index (Phi) is 7.59. The first-order valence-corrected chi connectivity index (χ1v) is 15.3. The summed E-state index contributed by atoms with van der Waals surface area (Å²) in [7, 11) is 4.07. The number of para-hydroxylation sites is 2. The SMILES string of the molecule is C.Cc1cc2c(cc1C)N(C)C[C@@H]1Cc3ccccc3N1C2=O.Cc1cc2c(cc1O)N(C)C[C@@H]1Cc3ccccc3N1C2=O. The Morgan fingerprint density at radius 3 is 1.53 bits per heavy atom. The van der Waals surface area contributed by atoms with Gasteiger partial charge < -0.3 is 24.7 Å². The molecule has 0 unspecified atom stereocenters. The summed E-state index contributed by atoms with van der Waals surface area (Å²) >= 11 is 0. The van der Waals surface area contributed by atoms with Crippen molar-refractivity contribution in [3.8, 4) is 5.75 Å². The predicted octanol–water partition coefficient (Wildman–Crippen LogP) is 6.68. The number of nitrogens with zero attached hydrogens (tertiary/aromatic N) is 4. The second-order valence-corrected chi connectivity index (χ2v) is 12.7. The first-order valence-electron chi connectivity index (χ1n) is 15.3. The molecule has 2 atom stereocenters. The minimum atomic E-state index is 0. The van der Waals surface area contributed by atoms with Gasteiger partial charge >= 0.3 is 0 Å². The summed E-state index contributed by atoms with van der Waals surface area (Å²) in [6, 6.07) is 24.5. The second-order valence-electron chi connectivity index (χ2n) is 12.7. The predicted molar refractivity (Wildman–Crippen MR) is 184 cm³/mol. The zero-order valence-corrected chi connectivity index (χ0v) is 26.0. The lowest BCUT2D eigenvalue weighted by Crippen LogP contribution is -2.41. The van der Waals surface area contributed by atoms with Gasteiger partial charge in [0.15, 0.2) is 0 Å². The van der Waals surface area contributed by atoms with Gasteiger partial charge in [0, 0.05) is 50.3 Å². The van der Waals surface area contributed by atoms with Gasteiger partial charge in [-0.15, -0.1) is 0 Å². The number of benzene rings is 4. The van der Waals surface area contributed by atoms with Crippen molar-refractivity contribution in [2.45, 2.75) is 53.1 Å². The van der Waals surface area contributed by atoms with Crippen LogP contribution in [0.2, 0.25) is 0 Å². The van der Waals surface area contributed by atoms with E-state index in [2.05, 4.69) is 61.0 Å². The maximum absolute atomic E-state index is 13.2. The van der Waals surface area contributed by atoms with Crippen LogP contribution < -0.4 is 19.6 Å². The first-order chi connectivity index (χ1) is 21.1. The van der Waals surface area contributed by atoms with Gasteiger partial charge in [0.1, 0.15) is 5.75 Å². The maximum atomic E-state index is 13.2. The van der Waals surface area contributed by atoms with Crippen LogP contribution >= 0.6 is 0 Å². The summed E-state index contributed by atoms with van der Waals surface area (Å²) in [5, 5.41) is 9.98. The van der Waals surface area contributed by atoms with Crippen molar-refractivity contribution in [2.75, 3.05) is 46.8 Å². The fourth-order valence-electron chi connectivity index (χ4n) is 7.31. The molecule has 0 aliphatic carbocycles. The van der Waals surface area contributed by atoms with E-state index in [1.165, 1.54) is 22.3 Å². The number of carbonyl (C=O) groups is 2. The van der Waals surface area contributed by atoms with Gasteiger partial charge in [0.25, 0.3) is 11.8 Å². The monoisotopic (exact) mass is 602 g/mol. The molecule has 0 radical (unpaired) electrons. The molecule has 1 N–H and O–H groups in total. The number of phenolic OH excluding ortho intramolecular Hbond substituents is 1. The maximum Gasteiger partial charge on any atom is 0.260 e. The van der Waals surface area contributed by atoms with E-state index in [1.807, 2.05) is 54.1 Å². The highest BCUT2D eigenvalue weighted by Crippen LogP contribution is 2.40. The highest BCUT2D eigenvalue weighted by atomic mass is 16.3. The van der Waals surface area contributed by atoms with Crippen molar-refractivity contribution in [1.82, 2.24) is 0 Å². The fraction of sp³-hybridized carbons (Fsp3) is 0.316. The number of hydrogen-bond donors (Lipinski definition) is 1. The summed E-state index contributed by atoms with van der Waals surface area (Å²) in [6.07, 6.45) is 1.82. The summed E-state index contributed by atoms with van der Waals surface area (Å²) in [5.74, 6) is 0.399. The molecule has 8 rings (SSSR count). The lowest BCUT2D eigenvalue weighted by atomic mass is 10.0. The average molecular weight is 603 g/mol. The molecule has 0 fully saturated rings. The van der Waals surface area contributed by atoms with Gasteiger partial charge in [-0.2, -0.15) is 0 Å². The van der Waals surface area contributed by atoms with Gasteiger partial charge in [-0.05, 0) is 91.8 Å². The van der Waals surface area contributed by atoms with E-state index >= 15 is 0 Å². The number of rotatable bonds is 0. The molecule has 0 spiro atoms. The number of phenols is 1. The summed E-state index contributed by atoms with van der Waals surface area (Å²) < 4.78 is 0. The van der Waals surface area contributed by atoms with Crippen molar-refractivity contribution < 1.29 is 14.7 Å². The van der Waals surface area contributed by atoms with E-state index in [4.69, 9.17) is 0 Å². The zero-order chi connectivity index (χ0) is 30.9. The van der Waals surface area contributed by atoms with Crippen LogP contribution in [0.25, 0.3) is 0 Å². The van der Waals surface area contributed by atoms with E-state index in [9.17, 15) is 14.7 Å². The quantitative estimate of drug-likeness (QED) is 0.243. The third kappa shape index (κ3) is 4.91. The van der Waals surface area contributed by atoms with Crippen molar-refractivity contribution in [1.29, 1.82) is 0 Å². The Morgan fingerprint density at radius 1 is 0.600 bits per heavy atom. The van der Waals surface area contributed by atoms with Crippen LogP contribution in [0.1, 0.15) is 56.0 Å². The van der Waals surface area contributed by atoms with Crippen LogP contribution in [0.4, 0.5) is 22.7 Å². The minimum absolute atomic E-state index is 0. The molecule has 4 aliphatic heterocycles.